The number of fused-ring (bicyclic) bond motifs is 1. The summed E-state index contributed by atoms with van der Waals surface area (Å²) < 4.78 is 8.87. The number of hydrogen-bond acceptors (Lipinski definition) is 3. The number of aryl methyl sites for hydroxylation is 1. The predicted octanol–water partition coefficient (Wildman–Crippen LogP) is 2.32. The van der Waals surface area contributed by atoms with Gasteiger partial charge < -0.3 is 10.1 Å². The van der Waals surface area contributed by atoms with Crippen molar-refractivity contribution in [2.75, 3.05) is 13.1 Å². The molecule has 1 atom stereocenters. The second-order valence-electron chi connectivity index (χ2n) is 5.17. The zero-order valence-corrected chi connectivity index (χ0v) is 13.1. The van der Waals surface area contributed by atoms with Crippen LogP contribution in [0.25, 0.3) is 0 Å². The first-order valence-corrected chi connectivity index (χ1v) is 7.63. The Morgan fingerprint density at radius 3 is 3.20 bits per heavy atom. The zero-order chi connectivity index (χ0) is 13.9. The maximum absolute atomic E-state index is 5.92. The SMILES string of the molecule is Cn1cc(CCNCC2Cc3cc(Br)ccc3O2)cn1. The fraction of sp³-hybridized carbons (Fsp3) is 0.400. The Labute approximate surface area is 127 Å². The first-order chi connectivity index (χ1) is 9.70. The molecule has 106 valence electrons. The van der Waals surface area contributed by atoms with Crippen LogP contribution in [0.5, 0.6) is 5.75 Å². The molecule has 0 aliphatic carbocycles. The van der Waals surface area contributed by atoms with E-state index in [1.165, 1.54) is 11.1 Å². The Bertz CT molecular complexity index is 597. The third-order valence-electron chi connectivity index (χ3n) is 3.48. The fourth-order valence-corrected chi connectivity index (χ4v) is 2.91. The molecule has 1 aliphatic rings. The molecule has 0 fully saturated rings. The molecule has 0 bridgehead atoms. The first kappa shape index (κ1) is 13.6. The smallest absolute Gasteiger partial charge is 0.123 e. The lowest BCUT2D eigenvalue weighted by molar-refractivity contribution is 0.228. The Morgan fingerprint density at radius 2 is 2.40 bits per heavy atom. The highest BCUT2D eigenvalue weighted by Gasteiger charge is 2.22. The second kappa shape index (κ2) is 5.97. The number of benzene rings is 1. The van der Waals surface area contributed by atoms with Crippen LogP contribution >= 0.6 is 15.9 Å². The van der Waals surface area contributed by atoms with Gasteiger partial charge in [0.15, 0.2) is 0 Å². The van der Waals surface area contributed by atoms with Crippen LogP contribution in [0.15, 0.2) is 35.1 Å². The number of rotatable bonds is 5. The molecule has 1 aromatic heterocycles. The van der Waals surface area contributed by atoms with Gasteiger partial charge in [-0.25, -0.2) is 0 Å². The van der Waals surface area contributed by atoms with Gasteiger partial charge in [0.05, 0.1) is 6.20 Å². The summed E-state index contributed by atoms with van der Waals surface area (Å²) in [6, 6.07) is 6.21. The van der Waals surface area contributed by atoms with Crippen molar-refractivity contribution in [2.24, 2.45) is 7.05 Å². The molecule has 3 rings (SSSR count). The van der Waals surface area contributed by atoms with Crippen molar-refractivity contribution in [3.63, 3.8) is 0 Å². The molecule has 4 nitrogen and oxygen atoms in total. The Balaban J connectivity index is 1.42. The monoisotopic (exact) mass is 335 g/mol. The van der Waals surface area contributed by atoms with Crippen LogP contribution in [0.2, 0.25) is 0 Å². The molecule has 0 spiro atoms. The topological polar surface area (TPSA) is 39.1 Å². The molecule has 0 amide bonds. The molecule has 0 radical (unpaired) electrons. The molecule has 2 heterocycles. The van der Waals surface area contributed by atoms with Crippen molar-refractivity contribution in [3.05, 3.63) is 46.2 Å². The van der Waals surface area contributed by atoms with E-state index >= 15 is 0 Å². The number of nitrogens with zero attached hydrogens (tertiary/aromatic N) is 2. The van der Waals surface area contributed by atoms with E-state index in [1.54, 1.807) is 0 Å². The van der Waals surface area contributed by atoms with Crippen LogP contribution in [0.1, 0.15) is 11.1 Å². The lowest BCUT2D eigenvalue weighted by atomic mass is 10.1. The van der Waals surface area contributed by atoms with Gasteiger partial charge in [-0.15, -0.1) is 0 Å². The van der Waals surface area contributed by atoms with E-state index in [-0.39, 0.29) is 6.10 Å². The molecule has 5 heteroatoms. The molecule has 0 saturated carbocycles. The maximum atomic E-state index is 5.92. The molecule has 1 N–H and O–H groups in total. The van der Waals surface area contributed by atoms with E-state index < -0.39 is 0 Å². The normalized spacial score (nSPS) is 17.0. The van der Waals surface area contributed by atoms with Gasteiger partial charge in [-0.3, -0.25) is 4.68 Å². The molecule has 1 unspecified atom stereocenters. The highest BCUT2D eigenvalue weighted by Crippen LogP contribution is 2.30. The van der Waals surface area contributed by atoms with Crippen molar-refractivity contribution in [1.82, 2.24) is 15.1 Å². The molecule has 20 heavy (non-hydrogen) atoms. The minimum Gasteiger partial charge on any atom is -0.488 e. The minimum atomic E-state index is 0.244. The first-order valence-electron chi connectivity index (χ1n) is 6.84. The largest absolute Gasteiger partial charge is 0.488 e. The van der Waals surface area contributed by atoms with Gasteiger partial charge in [0, 0.05) is 30.7 Å². The minimum absolute atomic E-state index is 0.244. The summed E-state index contributed by atoms with van der Waals surface area (Å²) in [7, 11) is 1.94. The van der Waals surface area contributed by atoms with Gasteiger partial charge in [0.2, 0.25) is 0 Å². The Morgan fingerprint density at radius 1 is 1.50 bits per heavy atom. The van der Waals surface area contributed by atoms with Crippen molar-refractivity contribution in [3.8, 4) is 5.75 Å². The van der Waals surface area contributed by atoms with Crippen LogP contribution in [0.3, 0.4) is 0 Å². The van der Waals surface area contributed by atoms with Gasteiger partial charge in [-0.1, -0.05) is 15.9 Å². The summed E-state index contributed by atoms with van der Waals surface area (Å²) in [4.78, 5) is 0. The Hall–Kier alpha value is -1.33. The van der Waals surface area contributed by atoms with Crippen molar-refractivity contribution in [2.45, 2.75) is 18.9 Å². The van der Waals surface area contributed by atoms with E-state index in [4.69, 9.17) is 4.74 Å². The quantitative estimate of drug-likeness (QED) is 0.852. The summed E-state index contributed by atoms with van der Waals surface area (Å²) in [5.41, 5.74) is 2.55. The summed E-state index contributed by atoms with van der Waals surface area (Å²) in [5.74, 6) is 1.02. The standard InChI is InChI=1S/C15H18BrN3O/c1-19-10-11(8-18-19)4-5-17-9-14-7-12-6-13(16)2-3-15(12)20-14/h2-3,6,8,10,14,17H,4-5,7,9H2,1H3. The zero-order valence-electron chi connectivity index (χ0n) is 11.5. The van der Waals surface area contributed by atoms with Gasteiger partial charge in [-0.2, -0.15) is 5.10 Å². The summed E-state index contributed by atoms with van der Waals surface area (Å²) in [5, 5.41) is 7.63. The van der Waals surface area contributed by atoms with E-state index in [0.29, 0.717) is 0 Å². The average Bonchev–Trinajstić information content (AvgIpc) is 3.00. The van der Waals surface area contributed by atoms with Crippen LogP contribution in [-0.4, -0.2) is 29.0 Å². The maximum Gasteiger partial charge on any atom is 0.123 e. The summed E-state index contributed by atoms with van der Waals surface area (Å²) in [6.45, 7) is 1.83. The van der Waals surface area contributed by atoms with Gasteiger partial charge in [0.25, 0.3) is 0 Å². The van der Waals surface area contributed by atoms with Crippen LogP contribution in [-0.2, 0) is 19.9 Å². The second-order valence-corrected chi connectivity index (χ2v) is 6.09. The lowest BCUT2D eigenvalue weighted by Gasteiger charge is -2.11. The number of halogens is 1. The summed E-state index contributed by atoms with van der Waals surface area (Å²) in [6.07, 6.45) is 6.20. The number of aromatic nitrogens is 2. The Kier molecular flexibility index (Phi) is 4.08. The van der Waals surface area contributed by atoms with Gasteiger partial charge in [0.1, 0.15) is 11.9 Å². The van der Waals surface area contributed by atoms with E-state index in [2.05, 4.69) is 38.6 Å². The van der Waals surface area contributed by atoms with Crippen molar-refractivity contribution >= 4 is 15.9 Å². The van der Waals surface area contributed by atoms with Crippen LogP contribution < -0.4 is 10.1 Å². The summed E-state index contributed by atoms with van der Waals surface area (Å²) >= 11 is 3.50. The lowest BCUT2D eigenvalue weighted by Crippen LogP contribution is -2.31. The molecule has 1 aromatic carbocycles. The average molecular weight is 336 g/mol. The van der Waals surface area contributed by atoms with Crippen LogP contribution in [0.4, 0.5) is 0 Å². The highest BCUT2D eigenvalue weighted by molar-refractivity contribution is 9.10. The number of nitrogens with one attached hydrogen (secondary N) is 1. The van der Waals surface area contributed by atoms with Crippen molar-refractivity contribution < 1.29 is 4.74 Å². The fourth-order valence-electron chi connectivity index (χ4n) is 2.50. The molecular weight excluding hydrogens is 318 g/mol. The molecule has 1 aliphatic heterocycles. The third kappa shape index (κ3) is 3.22. The molecule has 0 saturated heterocycles. The van der Waals surface area contributed by atoms with E-state index in [1.807, 2.05) is 30.1 Å². The third-order valence-corrected chi connectivity index (χ3v) is 3.98. The number of hydrogen-bond donors (Lipinski definition) is 1. The van der Waals surface area contributed by atoms with Gasteiger partial charge in [-0.05, 0) is 42.3 Å². The number of ether oxygens (including phenoxy) is 1. The predicted molar refractivity (Wildman–Crippen MR) is 82.0 cm³/mol. The van der Waals surface area contributed by atoms with Crippen molar-refractivity contribution in [1.29, 1.82) is 0 Å². The molecular formula is C15H18BrN3O. The highest BCUT2D eigenvalue weighted by atomic mass is 79.9. The van der Waals surface area contributed by atoms with Gasteiger partial charge >= 0.3 is 0 Å². The van der Waals surface area contributed by atoms with E-state index in [0.717, 1.165) is 36.2 Å². The van der Waals surface area contributed by atoms with Crippen LogP contribution in [0, 0.1) is 0 Å². The van der Waals surface area contributed by atoms with E-state index in [9.17, 15) is 0 Å². The molecule has 2 aromatic rings.